The molecule has 0 fully saturated rings. The highest BCUT2D eigenvalue weighted by molar-refractivity contribution is 8.13. The van der Waals surface area contributed by atoms with Gasteiger partial charge in [0.25, 0.3) is 0 Å². The molecule has 146 valence electrons. The first-order valence-corrected chi connectivity index (χ1v) is 8.98. The summed E-state index contributed by atoms with van der Waals surface area (Å²) < 4.78 is 19.4. The average molecular weight is 389 g/mol. The summed E-state index contributed by atoms with van der Waals surface area (Å²) in [4.78, 5) is 46.7. The van der Waals surface area contributed by atoms with E-state index in [0.29, 0.717) is 11.8 Å². The van der Waals surface area contributed by atoms with Crippen LogP contribution in [0, 0.1) is 12.8 Å². The third-order valence-corrected chi connectivity index (χ3v) is 3.86. The van der Waals surface area contributed by atoms with Crippen molar-refractivity contribution >= 4 is 28.9 Å². The van der Waals surface area contributed by atoms with Crippen molar-refractivity contribution in [2.45, 2.75) is 53.4 Å². The quantitative estimate of drug-likeness (QED) is 0.664. The lowest BCUT2D eigenvalue weighted by Gasteiger charge is -2.19. The van der Waals surface area contributed by atoms with Crippen LogP contribution >= 0.6 is 11.8 Å². The SMILES string of the molecule is Cc1oc(=O)oc1COC(=O)SC[C@H](NC(=O)C(C)C)C(=O)OC(C)C. The molecule has 1 heterocycles. The van der Waals surface area contributed by atoms with Gasteiger partial charge in [-0.15, -0.1) is 0 Å². The molecule has 1 atom stereocenters. The summed E-state index contributed by atoms with van der Waals surface area (Å²) in [6.07, 6.45) is -0.357. The van der Waals surface area contributed by atoms with Gasteiger partial charge in [-0.05, 0) is 32.5 Å². The lowest BCUT2D eigenvalue weighted by molar-refractivity contribution is -0.151. The highest BCUT2D eigenvalue weighted by Gasteiger charge is 2.26. The number of thioether (sulfide) groups is 1. The molecule has 0 unspecified atom stereocenters. The number of hydrogen-bond donors (Lipinski definition) is 1. The molecule has 1 amide bonds. The van der Waals surface area contributed by atoms with Crippen molar-refractivity contribution in [1.29, 1.82) is 0 Å². The van der Waals surface area contributed by atoms with Crippen molar-refractivity contribution in [3.63, 3.8) is 0 Å². The van der Waals surface area contributed by atoms with Crippen LogP contribution in [0.4, 0.5) is 4.79 Å². The summed E-state index contributed by atoms with van der Waals surface area (Å²) in [5, 5.41) is 1.85. The fraction of sp³-hybridized carbons (Fsp3) is 0.625. The second-order valence-electron chi connectivity index (χ2n) is 5.98. The van der Waals surface area contributed by atoms with E-state index in [2.05, 4.69) is 9.73 Å². The average Bonchev–Trinajstić information content (AvgIpc) is 2.85. The Balaban J connectivity index is 2.58. The summed E-state index contributed by atoms with van der Waals surface area (Å²) in [5.41, 5.74) is 0. The highest BCUT2D eigenvalue weighted by atomic mass is 32.2. The Kier molecular flexibility index (Phi) is 8.43. The molecule has 26 heavy (non-hydrogen) atoms. The zero-order valence-corrected chi connectivity index (χ0v) is 16.1. The zero-order valence-electron chi connectivity index (χ0n) is 15.3. The van der Waals surface area contributed by atoms with Crippen LogP contribution < -0.4 is 11.1 Å². The van der Waals surface area contributed by atoms with Crippen molar-refractivity contribution in [3.05, 3.63) is 22.1 Å². The Hall–Kier alpha value is -2.23. The standard InChI is InChI=1S/C16H23NO8S/c1-8(2)13(18)17-11(14(19)23-9(3)4)7-26-16(21)22-6-12-10(5)24-15(20)25-12/h8-9,11H,6-7H2,1-5H3,(H,17,18)/t11-/m0/s1. The van der Waals surface area contributed by atoms with E-state index in [1.54, 1.807) is 27.7 Å². The molecule has 0 aliphatic rings. The number of hydrogen-bond acceptors (Lipinski definition) is 9. The van der Waals surface area contributed by atoms with Gasteiger partial charge >= 0.3 is 17.1 Å². The van der Waals surface area contributed by atoms with E-state index in [-0.39, 0.29) is 41.8 Å². The van der Waals surface area contributed by atoms with Gasteiger partial charge in [-0.25, -0.2) is 14.4 Å². The molecule has 1 rings (SSSR count). The Morgan fingerprint density at radius 3 is 2.31 bits per heavy atom. The number of amides is 1. The van der Waals surface area contributed by atoms with E-state index < -0.39 is 23.1 Å². The fourth-order valence-electron chi connectivity index (χ4n) is 1.65. The monoisotopic (exact) mass is 389 g/mol. The number of carbonyl (C=O) groups is 3. The van der Waals surface area contributed by atoms with Gasteiger partial charge in [-0.2, -0.15) is 0 Å². The van der Waals surface area contributed by atoms with Crippen LogP contribution in [0.3, 0.4) is 0 Å². The van der Waals surface area contributed by atoms with Crippen LogP contribution in [0.25, 0.3) is 0 Å². The zero-order chi connectivity index (χ0) is 19.9. The summed E-state index contributed by atoms with van der Waals surface area (Å²) in [6, 6.07) is -0.988. The summed E-state index contributed by atoms with van der Waals surface area (Å²) in [7, 11) is 0. The Labute approximate surface area is 154 Å². The third kappa shape index (κ3) is 7.34. The Bertz CT molecular complexity index is 691. The maximum Gasteiger partial charge on any atom is 0.519 e. The first-order chi connectivity index (χ1) is 12.1. The lowest BCUT2D eigenvalue weighted by Crippen LogP contribution is -2.46. The second kappa shape index (κ2) is 10.0. The van der Waals surface area contributed by atoms with Gasteiger partial charge in [-0.3, -0.25) is 4.79 Å². The molecule has 0 aliphatic heterocycles. The van der Waals surface area contributed by atoms with Gasteiger partial charge in [0.15, 0.2) is 18.1 Å². The van der Waals surface area contributed by atoms with E-state index in [4.69, 9.17) is 13.9 Å². The van der Waals surface area contributed by atoms with E-state index in [1.165, 1.54) is 6.92 Å². The molecule has 1 aromatic rings. The smallest absolute Gasteiger partial charge is 0.461 e. The normalized spacial score (nSPS) is 12.1. The molecule has 9 nitrogen and oxygen atoms in total. The first kappa shape index (κ1) is 21.8. The van der Waals surface area contributed by atoms with E-state index in [1.807, 2.05) is 0 Å². The molecule has 0 radical (unpaired) electrons. The molecular formula is C16H23NO8S. The second-order valence-corrected chi connectivity index (χ2v) is 6.94. The van der Waals surface area contributed by atoms with Crippen LogP contribution in [0.5, 0.6) is 0 Å². The highest BCUT2D eigenvalue weighted by Crippen LogP contribution is 2.13. The van der Waals surface area contributed by atoms with Crippen molar-refractivity contribution in [2.75, 3.05) is 5.75 Å². The van der Waals surface area contributed by atoms with Crippen LogP contribution in [0.15, 0.2) is 13.6 Å². The molecule has 0 spiro atoms. The third-order valence-electron chi connectivity index (χ3n) is 3.00. The van der Waals surface area contributed by atoms with Crippen molar-refractivity contribution in [2.24, 2.45) is 5.92 Å². The maximum absolute atomic E-state index is 12.1. The van der Waals surface area contributed by atoms with E-state index in [0.717, 1.165) is 0 Å². The molecule has 1 N–H and O–H groups in total. The minimum atomic E-state index is -0.988. The van der Waals surface area contributed by atoms with Gasteiger partial charge in [0.1, 0.15) is 6.04 Å². The van der Waals surface area contributed by atoms with Crippen LogP contribution in [0.2, 0.25) is 0 Å². The first-order valence-electron chi connectivity index (χ1n) is 8.00. The molecular weight excluding hydrogens is 366 g/mol. The molecule has 1 aromatic heterocycles. The number of nitrogens with one attached hydrogen (secondary N) is 1. The van der Waals surface area contributed by atoms with Crippen LogP contribution in [0.1, 0.15) is 39.2 Å². The maximum atomic E-state index is 12.1. The summed E-state index contributed by atoms with van der Waals surface area (Å²) in [5.74, 6) is -1.91. The topological polar surface area (TPSA) is 125 Å². The fourth-order valence-corrected chi connectivity index (χ4v) is 2.31. The molecule has 0 aliphatic carbocycles. The Morgan fingerprint density at radius 2 is 1.81 bits per heavy atom. The minimum Gasteiger partial charge on any atom is -0.461 e. The predicted octanol–water partition coefficient (Wildman–Crippen LogP) is 2.00. The molecule has 0 aromatic carbocycles. The largest absolute Gasteiger partial charge is 0.519 e. The van der Waals surface area contributed by atoms with Crippen molar-refractivity contribution in [1.82, 2.24) is 5.32 Å². The number of ether oxygens (including phenoxy) is 2. The number of aryl methyl sites for hydroxylation is 1. The van der Waals surface area contributed by atoms with E-state index >= 15 is 0 Å². The van der Waals surface area contributed by atoms with Gasteiger partial charge in [-0.1, -0.05) is 13.8 Å². The number of esters is 1. The summed E-state index contributed by atoms with van der Waals surface area (Å²) >= 11 is 0.698. The van der Waals surface area contributed by atoms with Gasteiger partial charge in [0, 0.05) is 11.7 Å². The van der Waals surface area contributed by atoms with Crippen LogP contribution in [-0.4, -0.2) is 35.1 Å². The van der Waals surface area contributed by atoms with Gasteiger partial charge in [0.2, 0.25) is 5.91 Å². The molecule has 10 heteroatoms. The minimum absolute atomic E-state index is 0.0584. The molecule has 0 bridgehead atoms. The number of rotatable bonds is 8. The van der Waals surface area contributed by atoms with E-state index in [9.17, 15) is 19.2 Å². The van der Waals surface area contributed by atoms with Crippen molar-refractivity contribution < 1.29 is 32.7 Å². The lowest BCUT2D eigenvalue weighted by atomic mass is 10.2. The molecule has 0 saturated heterocycles. The van der Waals surface area contributed by atoms with Crippen LogP contribution in [-0.2, 0) is 25.7 Å². The van der Waals surface area contributed by atoms with Gasteiger partial charge < -0.3 is 23.6 Å². The summed E-state index contributed by atoms with van der Waals surface area (Å²) in [6.45, 7) is 7.96. The Morgan fingerprint density at radius 1 is 1.15 bits per heavy atom. The number of carbonyl (C=O) groups excluding carboxylic acids is 3. The predicted molar refractivity (Wildman–Crippen MR) is 92.6 cm³/mol. The van der Waals surface area contributed by atoms with Gasteiger partial charge in [0.05, 0.1) is 6.10 Å². The van der Waals surface area contributed by atoms with Crippen molar-refractivity contribution in [3.8, 4) is 0 Å². The molecule has 0 saturated carbocycles.